The number of likely N-dealkylation sites (tertiary alicyclic amines) is 1. The van der Waals surface area contributed by atoms with Crippen molar-refractivity contribution in [3.8, 4) is 11.5 Å². The van der Waals surface area contributed by atoms with E-state index < -0.39 is 11.9 Å². The SMILES string of the molecule is CCC(C)(C)c1ccc(Oc2ccc(CN3CC(C(=O)O)CC3=O)cc2)cc1. The Kier molecular flexibility index (Phi) is 5.73. The van der Waals surface area contributed by atoms with E-state index >= 15 is 0 Å². The van der Waals surface area contributed by atoms with Gasteiger partial charge in [0.25, 0.3) is 0 Å². The van der Waals surface area contributed by atoms with E-state index in [1.165, 1.54) is 5.56 Å². The number of nitrogens with zero attached hydrogens (tertiary/aromatic N) is 1. The molecule has 148 valence electrons. The van der Waals surface area contributed by atoms with Crippen molar-refractivity contribution in [3.05, 3.63) is 59.7 Å². The van der Waals surface area contributed by atoms with Gasteiger partial charge in [-0.05, 0) is 47.2 Å². The highest BCUT2D eigenvalue weighted by molar-refractivity contribution is 5.86. The number of carbonyl (C=O) groups is 2. The number of carbonyl (C=O) groups excluding carboxylic acids is 1. The standard InChI is InChI=1S/C23H27NO4/c1-4-23(2,3)18-7-11-20(12-8-18)28-19-9-5-16(6-10-19)14-24-15-17(22(26)27)13-21(24)25/h5-12,17H,4,13-15H2,1-3H3,(H,26,27). The van der Waals surface area contributed by atoms with Crippen LogP contribution in [0.15, 0.2) is 48.5 Å². The first-order chi connectivity index (χ1) is 13.3. The highest BCUT2D eigenvalue weighted by Gasteiger charge is 2.34. The van der Waals surface area contributed by atoms with E-state index in [2.05, 4.69) is 32.9 Å². The number of ether oxygens (including phenoxy) is 1. The van der Waals surface area contributed by atoms with Gasteiger partial charge in [-0.3, -0.25) is 9.59 Å². The molecule has 5 heteroatoms. The van der Waals surface area contributed by atoms with Gasteiger partial charge >= 0.3 is 5.97 Å². The first-order valence-electron chi connectivity index (χ1n) is 9.66. The van der Waals surface area contributed by atoms with E-state index in [1.807, 2.05) is 36.4 Å². The summed E-state index contributed by atoms with van der Waals surface area (Å²) in [7, 11) is 0. The summed E-state index contributed by atoms with van der Waals surface area (Å²) in [5, 5.41) is 9.07. The molecule has 0 bridgehead atoms. The van der Waals surface area contributed by atoms with Gasteiger partial charge in [-0.25, -0.2) is 0 Å². The van der Waals surface area contributed by atoms with E-state index in [-0.39, 0.29) is 24.3 Å². The quantitative estimate of drug-likeness (QED) is 0.761. The number of amides is 1. The Morgan fingerprint density at radius 3 is 2.18 bits per heavy atom. The van der Waals surface area contributed by atoms with Crippen molar-refractivity contribution in [1.29, 1.82) is 0 Å². The zero-order valence-electron chi connectivity index (χ0n) is 16.6. The van der Waals surface area contributed by atoms with Crippen molar-refractivity contribution in [2.45, 2.75) is 45.6 Å². The predicted octanol–water partition coefficient (Wildman–Crippen LogP) is 4.60. The van der Waals surface area contributed by atoms with Crippen LogP contribution in [-0.2, 0) is 21.5 Å². The van der Waals surface area contributed by atoms with Gasteiger partial charge in [0.05, 0.1) is 5.92 Å². The minimum atomic E-state index is -0.909. The van der Waals surface area contributed by atoms with Gasteiger partial charge in [-0.2, -0.15) is 0 Å². The Morgan fingerprint density at radius 2 is 1.68 bits per heavy atom. The normalized spacial score (nSPS) is 17.0. The molecular formula is C23H27NO4. The monoisotopic (exact) mass is 381 g/mol. The number of carboxylic acids is 1. The maximum absolute atomic E-state index is 12.0. The van der Waals surface area contributed by atoms with Gasteiger partial charge in [0.2, 0.25) is 5.91 Å². The molecule has 1 unspecified atom stereocenters. The highest BCUT2D eigenvalue weighted by Crippen LogP contribution is 2.30. The van der Waals surface area contributed by atoms with Gasteiger partial charge in [0, 0.05) is 19.5 Å². The van der Waals surface area contributed by atoms with Crippen LogP contribution in [-0.4, -0.2) is 28.4 Å². The van der Waals surface area contributed by atoms with Gasteiger partial charge in [0.1, 0.15) is 11.5 Å². The molecular weight excluding hydrogens is 354 g/mol. The fourth-order valence-corrected chi connectivity index (χ4v) is 3.29. The molecule has 0 spiro atoms. The molecule has 28 heavy (non-hydrogen) atoms. The average molecular weight is 381 g/mol. The number of rotatable bonds is 7. The third-order valence-corrected chi connectivity index (χ3v) is 5.62. The third-order valence-electron chi connectivity index (χ3n) is 5.62. The van der Waals surface area contributed by atoms with Crippen LogP contribution in [0.2, 0.25) is 0 Å². The average Bonchev–Trinajstić information content (AvgIpc) is 3.05. The lowest BCUT2D eigenvalue weighted by atomic mass is 9.82. The summed E-state index contributed by atoms with van der Waals surface area (Å²) in [6.45, 7) is 7.33. The van der Waals surface area contributed by atoms with Crippen molar-refractivity contribution < 1.29 is 19.4 Å². The Bertz CT molecular complexity index is 840. The summed E-state index contributed by atoms with van der Waals surface area (Å²) < 4.78 is 5.92. The zero-order valence-corrected chi connectivity index (χ0v) is 16.6. The molecule has 1 aliphatic rings. The van der Waals surface area contributed by atoms with Crippen molar-refractivity contribution >= 4 is 11.9 Å². The number of aliphatic carboxylic acids is 1. The molecule has 0 aliphatic carbocycles. The minimum Gasteiger partial charge on any atom is -0.481 e. The lowest BCUT2D eigenvalue weighted by Crippen LogP contribution is -2.25. The van der Waals surface area contributed by atoms with E-state index in [0.717, 1.165) is 23.5 Å². The van der Waals surface area contributed by atoms with Crippen LogP contribution in [0.5, 0.6) is 11.5 Å². The molecule has 3 rings (SSSR count). The van der Waals surface area contributed by atoms with Crippen LogP contribution in [0, 0.1) is 5.92 Å². The number of hydrogen-bond donors (Lipinski definition) is 1. The van der Waals surface area contributed by atoms with Crippen molar-refractivity contribution in [2.75, 3.05) is 6.54 Å². The zero-order chi connectivity index (χ0) is 20.3. The van der Waals surface area contributed by atoms with Crippen LogP contribution in [0.3, 0.4) is 0 Å². The molecule has 1 atom stereocenters. The van der Waals surface area contributed by atoms with Crippen LogP contribution in [0.25, 0.3) is 0 Å². The second-order valence-corrected chi connectivity index (χ2v) is 8.02. The van der Waals surface area contributed by atoms with Gasteiger partial charge in [-0.15, -0.1) is 0 Å². The molecule has 1 N–H and O–H groups in total. The van der Waals surface area contributed by atoms with Crippen molar-refractivity contribution in [1.82, 2.24) is 4.90 Å². The number of hydrogen-bond acceptors (Lipinski definition) is 3. The van der Waals surface area contributed by atoms with Gasteiger partial charge in [-0.1, -0.05) is 45.0 Å². The van der Waals surface area contributed by atoms with Crippen LogP contribution >= 0.6 is 0 Å². The van der Waals surface area contributed by atoms with Crippen LogP contribution < -0.4 is 4.74 Å². The van der Waals surface area contributed by atoms with Gasteiger partial charge < -0.3 is 14.7 Å². The first-order valence-corrected chi connectivity index (χ1v) is 9.66. The van der Waals surface area contributed by atoms with E-state index in [9.17, 15) is 9.59 Å². The number of benzene rings is 2. The second kappa shape index (κ2) is 8.05. The summed E-state index contributed by atoms with van der Waals surface area (Å²) >= 11 is 0. The fraction of sp³-hybridized carbons (Fsp3) is 0.391. The van der Waals surface area contributed by atoms with Crippen molar-refractivity contribution in [3.63, 3.8) is 0 Å². The molecule has 0 aromatic heterocycles. The summed E-state index contributed by atoms with van der Waals surface area (Å²) in [6.07, 6.45) is 1.16. The lowest BCUT2D eigenvalue weighted by molar-refractivity contribution is -0.141. The van der Waals surface area contributed by atoms with Crippen LogP contribution in [0.4, 0.5) is 0 Å². The fourth-order valence-electron chi connectivity index (χ4n) is 3.29. The highest BCUT2D eigenvalue weighted by atomic mass is 16.5. The van der Waals surface area contributed by atoms with Crippen molar-refractivity contribution in [2.24, 2.45) is 5.92 Å². The maximum Gasteiger partial charge on any atom is 0.308 e. The Morgan fingerprint density at radius 1 is 1.11 bits per heavy atom. The minimum absolute atomic E-state index is 0.0847. The third kappa shape index (κ3) is 4.53. The van der Waals surface area contributed by atoms with Gasteiger partial charge in [0.15, 0.2) is 0 Å². The summed E-state index contributed by atoms with van der Waals surface area (Å²) in [5.74, 6) is -0.114. The molecule has 0 saturated carbocycles. The Balaban J connectivity index is 1.60. The Hall–Kier alpha value is -2.82. The van der Waals surface area contributed by atoms with E-state index in [4.69, 9.17) is 9.84 Å². The topological polar surface area (TPSA) is 66.8 Å². The lowest BCUT2D eigenvalue weighted by Gasteiger charge is -2.23. The molecule has 1 heterocycles. The Labute approximate surface area is 165 Å². The first kappa shape index (κ1) is 19.9. The number of carboxylic acid groups (broad SMARTS) is 1. The molecule has 1 fully saturated rings. The summed E-state index contributed by atoms with van der Waals surface area (Å²) in [6, 6.07) is 15.7. The summed E-state index contributed by atoms with van der Waals surface area (Å²) in [5.41, 5.74) is 2.38. The molecule has 0 radical (unpaired) electrons. The van der Waals surface area contributed by atoms with E-state index in [0.29, 0.717) is 6.54 Å². The molecule has 2 aromatic rings. The second-order valence-electron chi connectivity index (χ2n) is 8.02. The maximum atomic E-state index is 12.0. The molecule has 5 nitrogen and oxygen atoms in total. The van der Waals surface area contributed by atoms with Crippen LogP contribution in [0.1, 0.15) is 44.7 Å². The molecule has 2 aromatic carbocycles. The predicted molar refractivity (Wildman–Crippen MR) is 107 cm³/mol. The largest absolute Gasteiger partial charge is 0.481 e. The molecule has 1 aliphatic heterocycles. The molecule has 1 amide bonds. The molecule has 1 saturated heterocycles. The smallest absolute Gasteiger partial charge is 0.308 e. The summed E-state index contributed by atoms with van der Waals surface area (Å²) in [4.78, 5) is 24.6. The van der Waals surface area contributed by atoms with E-state index in [1.54, 1.807) is 4.90 Å².